The summed E-state index contributed by atoms with van der Waals surface area (Å²) < 4.78 is 48.0. The van der Waals surface area contributed by atoms with Gasteiger partial charge in [-0.2, -0.15) is 23.3 Å². The van der Waals surface area contributed by atoms with Crippen molar-refractivity contribution in [1.82, 2.24) is 19.7 Å². The molecule has 39 heavy (non-hydrogen) atoms. The minimum absolute atomic E-state index is 0.270. The molecule has 3 N–H and O–H groups in total. The number of morpholine rings is 1. The van der Waals surface area contributed by atoms with E-state index in [4.69, 9.17) is 4.74 Å². The number of anilines is 5. The second-order valence-corrected chi connectivity index (χ2v) is 8.37. The normalized spacial score (nSPS) is 13.5. The Morgan fingerprint density at radius 1 is 1.13 bits per heavy atom. The van der Waals surface area contributed by atoms with Crippen molar-refractivity contribution in [1.29, 1.82) is 0 Å². The van der Waals surface area contributed by atoms with Gasteiger partial charge in [-0.15, -0.1) is 0 Å². The standard InChI is InChI=1S/C24H25F3N8O4/c1-15(39-22(37)24(25,26)27)21(36)31-17-5-3-16(4-6-17)11-28-20-19(35-7-9-38-10-8-35)13-29-23(33-20)32-18-12-30-34(2)14-18/h3-6,12-14H,1,7-11H2,2H3,(H,31,36)(H2,28,29,32,33). The molecule has 0 bridgehead atoms. The first-order chi connectivity index (χ1) is 18.6. The lowest BCUT2D eigenvalue weighted by Gasteiger charge is -2.30. The number of nitrogens with zero attached hydrogens (tertiary/aromatic N) is 5. The van der Waals surface area contributed by atoms with Crippen molar-refractivity contribution < 1.29 is 32.2 Å². The van der Waals surface area contributed by atoms with Gasteiger partial charge >= 0.3 is 12.1 Å². The predicted octanol–water partition coefficient (Wildman–Crippen LogP) is 2.96. The largest absolute Gasteiger partial charge is 0.491 e. The van der Waals surface area contributed by atoms with Crippen molar-refractivity contribution in [3.8, 4) is 0 Å². The van der Waals surface area contributed by atoms with Crippen molar-refractivity contribution in [2.45, 2.75) is 12.7 Å². The highest BCUT2D eigenvalue weighted by atomic mass is 19.4. The SMILES string of the molecule is C=C(OC(=O)C(F)(F)F)C(=O)Nc1ccc(CNc2nc(Nc3cnn(C)c3)ncc2N2CCOCC2)cc1. The van der Waals surface area contributed by atoms with Gasteiger partial charge in [0.15, 0.2) is 11.6 Å². The minimum Gasteiger partial charge on any atom is -0.415 e. The van der Waals surface area contributed by atoms with Gasteiger partial charge in [0.1, 0.15) is 0 Å². The Kier molecular flexibility index (Phi) is 8.29. The maximum Gasteiger partial charge on any atom is 0.491 e. The molecule has 3 aromatic rings. The van der Waals surface area contributed by atoms with Crippen LogP contribution in [-0.4, -0.2) is 64.1 Å². The second-order valence-electron chi connectivity index (χ2n) is 8.37. The first-order valence-corrected chi connectivity index (χ1v) is 11.7. The lowest BCUT2D eigenvalue weighted by atomic mass is 10.2. The Bertz CT molecular complexity index is 1340. The van der Waals surface area contributed by atoms with Crippen molar-refractivity contribution in [2.24, 2.45) is 7.05 Å². The fraction of sp³-hybridized carbons (Fsp3) is 0.292. The number of carbonyl (C=O) groups is 2. The molecule has 1 aliphatic rings. The van der Waals surface area contributed by atoms with Gasteiger partial charge in [-0.25, -0.2) is 9.78 Å². The molecule has 1 aromatic carbocycles. The Labute approximate surface area is 220 Å². The van der Waals surface area contributed by atoms with Crippen LogP contribution in [0.3, 0.4) is 0 Å². The van der Waals surface area contributed by atoms with E-state index in [1.807, 2.05) is 0 Å². The van der Waals surface area contributed by atoms with Crippen LogP contribution in [0.1, 0.15) is 5.56 Å². The van der Waals surface area contributed by atoms with E-state index in [-0.39, 0.29) is 5.69 Å². The molecule has 0 atom stereocenters. The summed E-state index contributed by atoms with van der Waals surface area (Å²) in [7, 11) is 1.80. The summed E-state index contributed by atoms with van der Waals surface area (Å²) in [6.07, 6.45) is -0.0557. The zero-order valence-electron chi connectivity index (χ0n) is 20.8. The molecular formula is C24H25F3N8O4. The third-order valence-corrected chi connectivity index (χ3v) is 5.45. The number of esters is 1. The lowest BCUT2D eigenvalue weighted by molar-refractivity contribution is -0.195. The molecule has 0 radical (unpaired) electrons. The smallest absolute Gasteiger partial charge is 0.415 e. The van der Waals surface area contributed by atoms with E-state index in [1.165, 1.54) is 0 Å². The quantitative estimate of drug-likeness (QED) is 0.209. The van der Waals surface area contributed by atoms with Gasteiger partial charge in [0.25, 0.3) is 5.91 Å². The van der Waals surface area contributed by atoms with Crippen LogP contribution in [0.2, 0.25) is 0 Å². The van der Waals surface area contributed by atoms with Gasteiger partial charge in [0.05, 0.1) is 37.0 Å². The van der Waals surface area contributed by atoms with Crippen LogP contribution in [-0.2, 0) is 32.7 Å². The number of amides is 1. The van der Waals surface area contributed by atoms with Gasteiger partial charge in [0.2, 0.25) is 5.95 Å². The molecule has 1 fully saturated rings. The Balaban J connectivity index is 1.41. The van der Waals surface area contributed by atoms with Crippen LogP contribution in [0.25, 0.3) is 0 Å². The van der Waals surface area contributed by atoms with Crippen LogP contribution in [0.4, 0.5) is 42.0 Å². The third-order valence-electron chi connectivity index (χ3n) is 5.45. The van der Waals surface area contributed by atoms with Gasteiger partial charge < -0.3 is 30.3 Å². The number of ether oxygens (including phenoxy) is 2. The summed E-state index contributed by atoms with van der Waals surface area (Å²) >= 11 is 0. The number of carbonyl (C=O) groups excluding carboxylic acids is 2. The van der Waals surface area contributed by atoms with Crippen LogP contribution in [0, 0.1) is 0 Å². The Morgan fingerprint density at radius 3 is 2.49 bits per heavy atom. The molecule has 0 aliphatic carbocycles. The first kappa shape index (κ1) is 27.4. The summed E-state index contributed by atoms with van der Waals surface area (Å²) in [6.45, 7) is 5.98. The molecule has 3 heterocycles. The molecule has 0 saturated carbocycles. The van der Waals surface area contributed by atoms with Crippen LogP contribution < -0.4 is 20.9 Å². The van der Waals surface area contributed by atoms with Crippen molar-refractivity contribution in [3.63, 3.8) is 0 Å². The Hall–Kier alpha value is -4.66. The van der Waals surface area contributed by atoms with E-state index >= 15 is 0 Å². The summed E-state index contributed by atoms with van der Waals surface area (Å²) in [5.74, 6) is -3.60. The second kappa shape index (κ2) is 11.8. The molecule has 1 amide bonds. The molecule has 206 valence electrons. The van der Waals surface area contributed by atoms with Crippen molar-refractivity contribution >= 4 is 40.7 Å². The van der Waals surface area contributed by atoms with Crippen molar-refractivity contribution in [2.75, 3.05) is 47.2 Å². The molecule has 0 spiro atoms. The molecule has 4 rings (SSSR count). The number of aromatic nitrogens is 4. The van der Waals surface area contributed by atoms with Gasteiger partial charge in [-0.05, 0) is 17.7 Å². The van der Waals surface area contributed by atoms with Crippen LogP contribution >= 0.6 is 0 Å². The van der Waals surface area contributed by atoms with Crippen LogP contribution in [0.15, 0.2) is 55.2 Å². The molecule has 0 unspecified atom stereocenters. The maximum atomic E-state index is 12.3. The number of benzene rings is 1. The van der Waals surface area contributed by atoms with E-state index in [2.05, 4.69) is 47.2 Å². The number of halogens is 3. The zero-order valence-corrected chi connectivity index (χ0v) is 20.8. The highest BCUT2D eigenvalue weighted by Crippen LogP contribution is 2.27. The summed E-state index contributed by atoms with van der Waals surface area (Å²) in [6, 6.07) is 6.51. The van der Waals surface area contributed by atoms with E-state index in [9.17, 15) is 22.8 Å². The van der Waals surface area contributed by atoms with Gasteiger partial charge in [-0.1, -0.05) is 18.7 Å². The maximum absolute atomic E-state index is 12.3. The first-order valence-electron chi connectivity index (χ1n) is 11.7. The average Bonchev–Trinajstić information content (AvgIpc) is 3.32. The van der Waals surface area contributed by atoms with Gasteiger partial charge in [-0.3, -0.25) is 9.48 Å². The van der Waals surface area contributed by atoms with E-state index in [0.29, 0.717) is 44.6 Å². The number of aryl methyl sites for hydroxylation is 1. The average molecular weight is 547 g/mol. The van der Waals surface area contributed by atoms with E-state index < -0.39 is 23.8 Å². The molecule has 2 aromatic heterocycles. The Morgan fingerprint density at radius 2 is 1.85 bits per heavy atom. The predicted molar refractivity (Wildman–Crippen MR) is 135 cm³/mol. The minimum atomic E-state index is -5.24. The van der Waals surface area contributed by atoms with E-state index in [0.717, 1.165) is 16.9 Å². The number of hydrogen-bond acceptors (Lipinski definition) is 10. The fourth-order valence-electron chi connectivity index (χ4n) is 3.52. The lowest BCUT2D eigenvalue weighted by Crippen LogP contribution is -2.36. The topological polar surface area (TPSA) is 136 Å². The highest BCUT2D eigenvalue weighted by Gasteiger charge is 2.42. The van der Waals surface area contributed by atoms with Gasteiger partial charge in [0, 0.05) is 38.6 Å². The number of nitrogens with one attached hydrogen (secondary N) is 3. The third kappa shape index (κ3) is 7.44. The van der Waals surface area contributed by atoms with E-state index in [1.54, 1.807) is 54.6 Å². The summed E-state index contributed by atoms with van der Waals surface area (Å²) in [5.41, 5.74) is 2.64. The fourth-order valence-corrected chi connectivity index (χ4v) is 3.52. The molecular weight excluding hydrogens is 521 g/mol. The molecule has 1 saturated heterocycles. The highest BCUT2D eigenvalue weighted by molar-refractivity contribution is 6.03. The summed E-state index contributed by atoms with van der Waals surface area (Å²) in [4.78, 5) is 34.1. The van der Waals surface area contributed by atoms with Crippen molar-refractivity contribution in [3.05, 3.63) is 60.8 Å². The molecule has 1 aliphatic heterocycles. The monoisotopic (exact) mass is 546 g/mol. The molecule has 12 nitrogen and oxygen atoms in total. The zero-order chi connectivity index (χ0) is 28.0. The molecule has 15 heteroatoms. The number of alkyl halides is 3. The summed E-state index contributed by atoms with van der Waals surface area (Å²) in [5, 5.41) is 12.9. The van der Waals surface area contributed by atoms with Crippen LogP contribution in [0.5, 0.6) is 0 Å². The number of rotatable bonds is 9. The number of hydrogen-bond donors (Lipinski definition) is 3.